The molecule has 1 aliphatic rings. The number of carbonyl (C=O) groups excluding carboxylic acids is 3. The van der Waals surface area contributed by atoms with Crippen molar-refractivity contribution in [2.75, 3.05) is 12.3 Å². The molecule has 0 heterocycles. The molecule has 0 radical (unpaired) electrons. The van der Waals surface area contributed by atoms with Gasteiger partial charge in [-0.3, -0.25) is 9.59 Å². The van der Waals surface area contributed by atoms with E-state index in [0.717, 1.165) is 29.1 Å². The number of allylic oxidation sites excluding steroid dienone is 4. The SMILES string of the molecule is C=C1C(OC(CC)CCNC(=O)Oc2cccc(C(F)(F)F)c2)=CC(SCC)C(=O)C(=O)/C1=C/C/C=C(/Br)CC.CC. The molecule has 1 N–H and O–H groups in total. The molecule has 0 aromatic heterocycles. The van der Waals surface area contributed by atoms with Crippen LogP contribution in [0.15, 0.2) is 70.5 Å². The first kappa shape index (κ1) is 37.2. The highest BCUT2D eigenvalue weighted by atomic mass is 79.9. The predicted octanol–water partition coefficient (Wildman–Crippen LogP) is 8.72. The molecule has 2 unspecified atom stereocenters. The number of thioether (sulfide) groups is 1. The van der Waals surface area contributed by atoms with E-state index in [1.807, 2.05) is 40.7 Å². The summed E-state index contributed by atoms with van der Waals surface area (Å²) in [6, 6.07) is 4.04. The van der Waals surface area contributed by atoms with Crippen molar-refractivity contribution in [1.29, 1.82) is 0 Å². The number of Topliss-reactive ketones (excluding diaryl/α,β-unsaturated/α-hetero) is 2. The second-order valence-corrected chi connectivity index (χ2v) is 11.2. The maximum absolute atomic E-state index is 13.0. The van der Waals surface area contributed by atoms with Gasteiger partial charge < -0.3 is 14.8 Å². The van der Waals surface area contributed by atoms with Crippen LogP contribution < -0.4 is 10.1 Å². The molecule has 0 fully saturated rings. The van der Waals surface area contributed by atoms with Crippen LogP contribution in [0.3, 0.4) is 0 Å². The summed E-state index contributed by atoms with van der Waals surface area (Å²) < 4.78 is 50.8. The highest BCUT2D eigenvalue weighted by Gasteiger charge is 2.34. The van der Waals surface area contributed by atoms with Gasteiger partial charge in [-0.05, 0) is 53.8 Å². The summed E-state index contributed by atoms with van der Waals surface area (Å²) in [5.74, 6) is -0.444. The number of hydrogen-bond acceptors (Lipinski definition) is 6. The van der Waals surface area contributed by atoms with Gasteiger partial charge in [-0.15, -0.1) is 11.8 Å². The second kappa shape index (κ2) is 18.7. The van der Waals surface area contributed by atoms with Crippen molar-refractivity contribution < 1.29 is 37.0 Å². The standard InChI is InChI=1S/C29H33BrF3NO5S.C2H6/c1-5-20(30)11-9-13-23-18(4)24(17-25(40-7-3)27(36)26(23)35)38-21(6-2)14-15-34-28(37)39-22-12-8-10-19(16-22)29(31,32)33;1-2/h8,10-13,16-17,21,25H,4-7,9,14-15H2,1-3H3,(H,34,37);1-2H3/b20-11+,23-13+;. The fourth-order valence-corrected chi connectivity index (χ4v) is 4.69. The van der Waals surface area contributed by atoms with Gasteiger partial charge in [-0.25, -0.2) is 4.79 Å². The zero-order valence-electron chi connectivity index (χ0n) is 24.6. The molecule has 1 aromatic carbocycles. The van der Waals surface area contributed by atoms with Gasteiger partial charge >= 0.3 is 12.3 Å². The Kier molecular flexibility index (Phi) is 16.6. The van der Waals surface area contributed by atoms with Gasteiger partial charge in [0.2, 0.25) is 11.6 Å². The average molecular weight is 675 g/mol. The van der Waals surface area contributed by atoms with Crippen molar-refractivity contribution in [2.45, 2.75) is 77.8 Å². The Hall–Kier alpha value is -2.79. The molecule has 0 bridgehead atoms. The summed E-state index contributed by atoms with van der Waals surface area (Å²) in [7, 11) is 0. The van der Waals surface area contributed by atoms with Crippen LogP contribution in [-0.4, -0.2) is 41.3 Å². The third-order valence-electron chi connectivity index (χ3n) is 5.85. The van der Waals surface area contributed by atoms with Crippen LogP contribution in [0.4, 0.5) is 18.0 Å². The van der Waals surface area contributed by atoms with Crippen LogP contribution in [0.2, 0.25) is 0 Å². The maximum Gasteiger partial charge on any atom is 0.416 e. The highest BCUT2D eigenvalue weighted by Crippen LogP contribution is 2.32. The summed E-state index contributed by atoms with van der Waals surface area (Å²) in [5.41, 5.74) is -0.414. The summed E-state index contributed by atoms with van der Waals surface area (Å²) in [5, 5.41) is 1.80. The van der Waals surface area contributed by atoms with Gasteiger partial charge in [0.15, 0.2) is 0 Å². The van der Waals surface area contributed by atoms with Gasteiger partial charge in [0, 0.05) is 24.1 Å². The summed E-state index contributed by atoms with van der Waals surface area (Å²) in [6.07, 6.45) is 1.41. The lowest BCUT2D eigenvalue weighted by Crippen LogP contribution is -2.30. The number of alkyl halides is 3. The molecule has 232 valence electrons. The minimum absolute atomic E-state index is 0.111. The molecule has 0 spiro atoms. The predicted molar refractivity (Wildman–Crippen MR) is 166 cm³/mol. The Bertz CT molecular complexity index is 1190. The molecule has 2 rings (SSSR count). The minimum Gasteiger partial charge on any atom is -0.490 e. The molecule has 1 aliphatic carbocycles. The summed E-state index contributed by atoms with van der Waals surface area (Å²) in [6.45, 7) is 13.9. The smallest absolute Gasteiger partial charge is 0.416 e. The van der Waals surface area contributed by atoms with Crippen LogP contribution in [0.25, 0.3) is 0 Å². The topological polar surface area (TPSA) is 81.7 Å². The van der Waals surface area contributed by atoms with E-state index in [2.05, 4.69) is 27.8 Å². The van der Waals surface area contributed by atoms with Crippen molar-refractivity contribution in [3.8, 4) is 5.75 Å². The number of hydrogen-bond donors (Lipinski definition) is 1. The summed E-state index contributed by atoms with van der Waals surface area (Å²) in [4.78, 5) is 38.1. The van der Waals surface area contributed by atoms with Crippen molar-refractivity contribution in [2.24, 2.45) is 0 Å². The Balaban J connectivity index is 0.00000431. The molecule has 0 saturated carbocycles. The molecular formula is C31H39BrF3NO5S. The van der Waals surface area contributed by atoms with Crippen LogP contribution in [0, 0.1) is 0 Å². The molecule has 2 atom stereocenters. The number of amides is 1. The molecule has 1 amide bonds. The van der Waals surface area contributed by atoms with Crippen LogP contribution >= 0.6 is 27.7 Å². The molecular weight excluding hydrogens is 635 g/mol. The largest absolute Gasteiger partial charge is 0.490 e. The van der Waals surface area contributed by atoms with E-state index < -0.39 is 40.8 Å². The average Bonchev–Trinajstić information content (AvgIpc) is 3.04. The van der Waals surface area contributed by atoms with Gasteiger partial charge in [-0.2, -0.15) is 13.2 Å². The maximum atomic E-state index is 13.0. The Morgan fingerprint density at radius 3 is 2.50 bits per heavy atom. The van der Waals surface area contributed by atoms with E-state index in [1.54, 1.807) is 12.2 Å². The fraction of sp³-hybridized carbons (Fsp3) is 0.452. The van der Waals surface area contributed by atoms with Crippen LogP contribution in [-0.2, 0) is 20.5 Å². The number of nitrogens with one attached hydrogen (secondary N) is 1. The molecule has 1 aromatic rings. The van der Waals surface area contributed by atoms with E-state index in [0.29, 0.717) is 36.3 Å². The van der Waals surface area contributed by atoms with Crippen molar-refractivity contribution in [1.82, 2.24) is 5.32 Å². The van der Waals surface area contributed by atoms with E-state index in [-0.39, 0.29) is 17.9 Å². The zero-order chi connectivity index (χ0) is 31.9. The van der Waals surface area contributed by atoms with Crippen LogP contribution in [0.1, 0.15) is 65.9 Å². The highest BCUT2D eigenvalue weighted by molar-refractivity contribution is 9.11. The monoisotopic (exact) mass is 673 g/mol. The number of carbonyl (C=O) groups is 3. The van der Waals surface area contributed by atoms with Crippen molar-refractivity contribution in [3.05, 3.63) is 76.0 Å². The molecule has 42 heavy (non-hydrogen) atoms. The minimum atomic E-state index is -4.56. The number of benzene rings is 1. The Labute approximate surface area is 259 Å². The normalized spacial score (nSPS) is 17.6. The number of ether oxygens (including phenoxy) is 2. The third-order valence-corrected chi connectivity index (χ3v) is 7.78. The van der Waals surface area contributed by atoms with Crippen molar-refractivity contribution >= 4 is 45.4 Å². The van der Waals surface area contributed by atoms with Gasteiger partial charge in [0.25, 0.3) is 0 Å². The first-order valence-corrected chi connectivity index (χ1v) is 15.7. The van der Waals surface area contributed by atoms with E-state index >= 15 is 0 Å². The summed E-state index contributed by atoms with van der Waals surface area (Å²) >= 11 is 4.76. The fourth-order valence-electron chi connectivity index (χ4n) is 3.66. The van der Waals surface area contributed by atoms with Crippen LogP contribution in [0.5, 0.6) is 5.75 Å². The lowest BCUT2D eigenvalue weighted by molar-refractivity contribution is -0.137. The first-order valence-electron chi connectivity index (χ1n) is 13.9. The lowest BCUT2D eigenvalue weighted by atomic mass is 9.99. The van der Waals surface area contributed by atoms with Gasteiger partial charge in [-0.1, -0.05) is 75.3 Å². The van der Waals surface area contributed by atoms with E-state index in [4.69, 9.17) is 9.47 Å². The van der Waals surface area contributed by atoms with E-state index in [9.17, 15) is 27.6 Å². The Morgan fingerprint density at radius 1 is 1.21 bits per heavy atom. The zero-order valence-corrected chi connectivity index (χ0v) is 27.0. The molecule has 6 nitrogen and oxygen atoms in total. The number of rotatable bonds is 12. The Morgan fingerprint density at radius 2 is 1.90 bits per heavy atom. The first-order chi connectivity index (χ1) is 19.9. The van der Waals surface area contributed by atoms with Gasteiger partial charge in [0.1, 0.15) is 17.6 Å². The van der Waals surface area contributed by atoms with Gasteiger partial charge in [0.05, 0.1) is 10.8 Å². The van der Waals surface area contributed by atoms with Crippen molar-refractivity contribution in [3.63, 3.8) is 0 Å². The molecule has 11 heteroatoms. The van der Waals surface area contributed by atoms with E-state index in [1.165, 1.54) is 17.8 Å². The third kappa shape index (κ3) is 11.8. The second-order valence-electron chi connectivity index (χ2n) is 8.72. The number of ketones is 2. The number of halogens is 4. The lowest BCUT2D eigenvalue weighted by Gasteiger charge is -2.21. The molecule has 0 aliphatic heterocycles. The molecule has 0 saturated heterocycles. The quantitative estimate of drug-likeness (QED) is 0.177.